The Morgan fingerprint density at radius 2 is 1.73 bits per heavy atom. The van der Waals surface area contributed by atoms with Crippen LogP contribution in [0.5, 0.6) is 0 Å². The molecule has 1 N–H and O–H groups in total. The van der Waals surface area contributed by atoms with Crippen molar-refractivity contribution in [2.45, 2.75) is 53.6 Å². The monoisotopic (exact) mass is 158 g/mol. The van der Waals surface area contributed by atoms with Gasteiger partial charge in [-0.25, -0.2) is 0 Å². The van der Waals surface area contributed by atoms with Gasteiger partial charge in [0.1, 0.15) is 0 Å². The molecule has 1 heteroatoms. The maximum absolute atomic E-state index is 9.75. The lowest BCUT2D eigenvalue weighted by Crippen LogP contribution is -2.33. The Labute approximate surface area is 70.8 Å². The zero-order valence-electron chi connectivity index (χ0n) is 8.52. The molecule has 0 aromatic heterocycles. The third kappa shape index (κ3) is 2.82. The Balaban J connectivity index is 4.05. The van der Waals surface area contributed by atoms with Crippen molar-refractivity contribution in [2.24, 2.45) is 11.3 Å². The zero-order chi connectivity index (χ0) is 9.07. The van der Waals surface area contributed by atoms with E-state index >= 15 is 0 Å². The molecule has 0 rings (SSSR count). The van der Waals surface area contributed by atoms with Crippen LogP contribution in [0.4, 0.5) is 0 Å². The molecular weight excluding hydrogens is 136 g/mol. The summed E-state index contributed by atoms with van der Waals surface area (Å²) in [5, 5.41) is 9.75. The Kier molecular flexibility index (Phi) is 4.09. The molecule has 0 spiro atoms. The van der Waals surface area contributed by atoms with Gasteiger partial charge in [-0.15, -0.1) is 0 Å². The topological polar surface area (TPSA) is 20.2 Å². The van der Waals surface area contributed by atoms with Crippen molar-refractivity contribution in [1.82, 2.24) is 0 Å². The molecule has 0 aromatic rings. The molecule has 0 aliphatic rings. The van der Waals surface area contributed by atoms with Gasteiger partial charge in [0.25, 0.3) is 0 Å². The molecule has 0 radical (unpaired) electrons. The summed E-state index contributed by atoms with van der Waals surface area (Å²) in [5.41, 5.74) is 0.0655. The highest BCUT2D eigenvalue weighted by Crippen LogP contribution is 2.32. The second-order valence-corrected chi connectivity index (χ2v) is 4.28. The molecule has 68 valence electrons. The highest BCUT2D eigenvalue weighted by Gasteiger charge is 2.29. The third-order valence-electron chi connectivity index (χ3n) is 2.91. The van der Waals surface area contributed by atoms with Gasteiger partial charge in [-0.2, -0.15) is 0 Å². The lowest BCUT2D eigenvalue weighted by atomic mass is 9.75. The SMILES string of the molecule is CCC[C@H](O)C(C)(C)C(C)C. The van der Waals surface area contributed by atoms with E-state index in [1.165, 1.54) is 0 Å². The minimum Gasteiger partial charge on any atom is -0.393 e. The van der Waals surface area contributed by atoms with Gasteiger partial charge in [0.15, 0.2) is 0 Å². The van der Waals surface area contributed by atoms with Gasteiger partial charge >= 0.3 is 0 Å². The first kappa shape index (κ1) is 11.0. The highest BCUT2D eigenvalue weighted by molar-refractivity contribution is 4.80. The predicted octanol–water partition coefficient (Wildman–Crippen LogP) is 2.83. The van der Waals surface area contributed by atoms with Crippen LogP contribution in [0.2, 0.25) is 0 Å². The van der Waals surface area contributed by atoms with Crippen LogP contribution in [0, 0.1) is 11.3 Å². The van der Waals surface area contributed by atoms with Crippen molar-refractivity contribution in [3.05, 3.63) is 0 Å². The van der Waals surface area contributed by atoms with Crippen molar-refractivity contribution < 1.29 is 5.11 Å². The summed E-state index contributed by atoms with van der Waals surface area (Å²) in [6.45, 7) is 10.7. The van der Waals surface area contributed by atoms with Crippen LogP contribution in [-0.2, 0) is 0 Å². The Bertz CT molecular complexity index is 105. The standard InChI is InChI=1S/C10H22O/c1-6-7-9(11)10(4,5)8(2)3/h8-9,11H,6-7H2,1-5H3/t9-/m0/s1. The molecule has 0 saturated carbocycles. The largest absolute Gasteiger partial charge is 0.393 e. The van der Waals surface area contributed by atoms with Crippen LogP contribution in [0.3, 0.4) is 0 Å². The Morgan fingerprint density at radius 3 is 2.00 bits per heavy atom. The summed E-state index contributed by atoms with van der Waals surface area (Å²) in [5.74, 6) is 0.545. The minimum absolute atomic E-state index is 0.0655. The van der Waals surface area contributed by atoms with E-state index in [4.69, 9.17) is 0 Å². The van der Waals surface area contributed by atoms with Gasteiger partial charge in [-0.1, -0.05) is 41.0 Å². The Hall–Kier alpha value is -0.0400. The summed E-state index contributed by atoms with van der Waals surface area (Å²) < 4.78 is 0. The van der Waals surface area contributed by atoms with E-state index in [0.29, 0.717) is 5.92 Å². The van der Waals surface area contributed by atoms with E-state index in [2.05, 4.69) is 34.6 Å². The van der Waals surface area contributed by atoms with Crippen molar-refractivity contribution in [3.63, 3.8) is 0 Å². The molecule has 0 saturated heterocycles. The number of hydrogen-bond acceptors (Lipinski definition) is 1. The van der Waals surface area contributed by atoms with E-state index in [1.54, 1.807) is 0 Å². The number of aliphatic hydroxyl groups excluding tert-OH is 1. The molecule has 0 amide bonds. The van der Waals surface area contributed by atoms with Gasteiger partial charge in [-0.05, 0) is 17.8 Å². The molecular formula is C10H22O. The number of rotatable bonds is 4. The first-order chi connectivity index (χ1) is 4.92. The van der Waals surface area contributed by atoms with E-state index in [1.807, 2.05) is 0 Å². The molecule has 1 nitrogen and oxygen atoms in total. The molecule has 1 atom stereocenters. The molecule has 0 aliphatic heterocycles. The van der Waals surface area contributed by atoms with Crippen molar-refractivity contribution in [3.8, 4) is 0 Å². The molecule has 11 heavy (non-hydrogen) atoms. The van der Waals surface area contributed by atoms with Crippen LogP contribution in [0.25, 0.3) is 0 Å². The molecule has 0 aromatic carbocycles. The minimum atomic E-state index is -0.146. The lowest BCUT2D eigenvalue weighted by molar-refractivity contribution is 0.0110. The van der Waals surface area contributed by atoms with Crippen LogP contribution >= 0.6 is 0 Å². The van der Waals surface area contributed by atoms with Gasteiger partial charge < -0.3 is 5.11 Å². The van der Waals surface area contributed by atoms with Crippen LogP contribution in [0.1, 0.15) is 47.5 Å². The van der Waals surface area contributed by atoms with E-state index in [0.717, 1.165) is 12.8 Å². The maximum atomic E-state index is 9.75. The molecule has 0 heterocycles. The zero-order valence-corrected chi connectivity index (χ0v) is 8.52. The lowest BCUT2D eigenvalue weighted by Gasteiger charge is -2.34. The normalized spacial score (nSPS) is 15.5. The van der Waals surface area contributed by atoms with Crippen LogP contribution < -0.4 is 0 Å². The van der Waals surface area contributed by atoms with Crippen LogP contribution in [-0.4, -0.2) is 11.2 Å². The summed E-state index contributed by atoms with van der Waals surface area (Å²) in [6.07, 6.45) is 1.84. The smallest absolute Gasteiger partial charge is 0.0593 e. The summed E-state index contributed by atoms with van der Waals surface area (Å²) in [7, 11) is 0. The van der Waals surface area contributed by atoms with Gasteiger partial charge in [0.2, 0.25) is 0 Å². The predicted molar refractivity (Wildman–Crippen MR) is 49.5 cm³/mol. The van der Waals surface area contributed by atoms with Crippen molar-refractivity contribution >= 4 is 0 Å². The Morgan fingerprint density at radius 1 is 1.27 bits per heavy atom. The molecule has 0 unspecified atom stereocenters. The van der Waals surface area contributed by atoms with Crippen molar-refractivity contribution in [2.75, 3.05) is 0 Å². The average molecular weight is 158 g/mol. The van der Waals surface area contributed by atoms with E-state index < -0.39 is 0 Å². The second-order valence-electron chi connectivity index (χ2n) is 4.28. The highest BCUT2D eigenvalue weighted by atomic mass is 16.3. The van der Waals surface area contributed by atoms with Gasteiger partial charge in [0, 0.05) is 0 Å². The van der Waals surface area contributed by atoms with E-state index in [-0.39, 0.29) is 11.5 Å². The summed E-state index contributed by atoms with van der Waals surface area (Å²) in [6, 6.07) is 0. The third-order valence-corrected chi connectivity index (χ3v) is 2.91. The number of aliphatic hydroxyl groups is 1. The fourth-order valence-electron chi connectivity index (χ4n) is 1.03. The quantitative estimate of drug-likeness (QED) is 0.667. The summed E-state index contributed by atoms with van der Waals surface area (Å²) in [4.78, 5) is 0. The van der Waals surface area contributed by atoms with E-state index in [9.17, 15) is 5.11 Å². The maximum Gasteiger partial charge on any atom is 0.0593 e. The molecule has 0 aliphatic carbocycles. The van der Waals surface area contributed by atoms with Gasteiger partial charge in [-0.3, -0.25) is 0 Å². The second kappa shape index (κ2) is 4.10. The van der Waals surface area contributed by atoms with Crippen LogP contribution in [0.15, 0.2) is 0 Å². The first-order valence-corrected chi connectivity index (χ1v) is 4.61. The average Bonchev–Trinajstić information content (AvgIpc) is 1.88. The first-order valence-electron chi connectivity index (χ1n) is 4.61. The molecule has 0 fully saturated rings. The van der Waals surface area contributed by atoms with Crippen molar-refractivity contribution in [1.29, 1.82) is 0 Å². The summed E-state index contributed by atoms with van der Waals surface area (Å²) >= 11 is 0. The van der Waals surface area contributed by atoms with Gasteiger partial charge in [0.05, 0.1) is 6.10 Å². The fourth-order valence-corrected chi connectivity index (χ4v) is 1.03. The number of hydrogen-bond donors (Lipinski definition) is 1. The fraction of sp³-hybridized carbons (Fsp3) is 1.00. The molecule has 0 bridgehead atoms.